The maximum absolute atomic E-state index is 5.52. The van der Waals surface area contributed by atoms with Crippen LogP contribution in [0.2, 0.25) is 0 Å². The van der Waals surface area contributed by atoms with Crippen LogP contribution in [0.4, 0.5) is 0 Å². The predicted molar refractivity (Wildman–Crippen MR) is 80.7 cm³/mol. The molecule has 2 aromatic rings. The SMILES string of the molecule is CN(C)CCOCCNCc1nc2ccccc2s1. The quantitative estimate of drug-likeness (QED) is 0.750. The van der Waals surface area contributed by atoms with Crippen molar-refractivity contribution in [2.45, 2.75) is 6.54 Å². The van der Waals surface area contributed by atoms with Crippen LogP contribution in [0, 0.1) is 0 Å². The Balaban J connectivity index is 1.63. The summed E-state index contributed by atoms with van der Waals surface area (Å²) in [7, 11) is 4.10. The van der Waals surface area contributed by atoms with E-state index in [0.717, 1.165) is 43.4 Å². The molecule has 0 saturated carbocycles. The number of nitrogens with one attached hydrogen (secondary N) is 1. The minimum Gasteiger partial charge on any atom is -0.379 e. The lowest BCUT2D eigenvalue weighted by Crippen LogP contribution is -2.22. The summed E-state index contributed by atoms with van der Waals surface area (Å²) in [6.45, 7) is 4.19. The number of rotatable bonds is 8. The molecule has 0 fully saturated rings. The van der Waals surface area contributed by atoms with E-state index in [9.17, 15) is 0 Å². The molecule has 0 atom stereocenters. The van der Waals surface area contributed by atoms with E-state index in [1.807, 2.05) is 6.07 Å². The van der Waals surface area contributed by atoms with E-state index >= 15 is 0 Å². The van der Waals surface area contributed by atoms with Crippen LogP contribution < -0.4 is 5.32 Å². The second kappa shape index (κ2) is 7.55. The van der Waals surface area contributed by atoms with Crippen molar-refractivity contribution >= 4 is 21.6 Å². The average Bonchev–Trinajstić information content (AvgIpc) is 2.79. The number of ether oxygens (including phenoxy) is 1. The summed E-state index contributed by atoms with van der Waals surface area (Å²) in [4.78, 5) is 6.70. The van der Waals surface area contributed by atoms with Gasteiger partial charge in [0.2, 0.25) is 0 Å². The summed E-state index contributed by atoms with van der Waals surface area (Å²) in [5.74, 6) is 0. The number of nitrogens with zero attached hydrogens (tertiary/aromatic N) is 2. The molecule has 104 valence electrons. The Labute approximate surface area is 118 Å². The van der Waals surface area contributed by atoms with Gasteiger partial charge in [0.25, 0.3) is 0 Å². The van der Waals surface area contributed by atoms with Gasteiger partial charge in [-0.3, -0.25) is 0 Å². The highest BCUT2D eigenvalue weighted by atomic mass is 32.1. The van der Waals surface area contributed by atoms with Gasteiger partial charge in [-0.25, -0.2) is 4.98 Å². The minimum atomic E-state index is 0.749. The molecule has 4 nitrogen and oxygen atoms in total. The van der Waals surface area contributed by atoms with Crippen LogP contribution in [-0.2, 0) is 11.3 Å². The zero-order valence-electron chi connectivity index (χ0n) is 11.6. The summed E-state index contributed by atoms with van der Waals surface area (Å²) in [6.07, 6.45) is 0. The van der Waals surface area contributed by atoms with Crippen LogP contribution in [0.5, 0.6) is 0 Å². The fourth-order valence-corrected chi connectivity index (χ4v) is 2.62. The predicted octanol–water partition coefficient (Wildman–Crippen LogP) is 1.96. The molecule has 0 saturated heterocycles. The maximum atomic E-state index is 5.52. The van der Waals surface area contributed by atoms with E-state index in [-0.39, 0.29) is 0 Å². The smallest absolute Gasteiger partial charge is 0.108 e. The molecule has 0 radical (unpaired) electrons. The van der Waals surface area contributed by atoms with Crippen molar-refractivity contribution in [3.8, 4) is 0 Å². The summed E-state index contributed by atoms with van der Waals surface area (Å²) in [6, 6.07) is 8.24. The third-order valence-corrected chi connectivity index (χ3v) is 3.76. The molecule has 0 amide bonds. The number of para-hydroxylation sites is 1. The molecule has 0 spiro atoms. The van der Waals surface area contributed by atoms with Gasteiger partial charge in [0, 0.05) is 19.6 Å². The van der Waals surface area contributed by atoms with Gasteiger partial charge in [0.05, 0.1) is 23.4 Å². The Morgan fingerprint density at radius 3 is 2.89 bits per heavy atom. The zero-order chi connectivity index (χ0) is 13.5. The summed E-state index contributed by atoms with van der Waals surface area (Å²) >= 11 is 1.75. The summed E-state index contributed by atoms with van der Waals surface area (Å²) in [5, 5.41) is 4.49. The molecule has 0 aliphatic rings. The van der Waals surface area contributed by atoms with E-state index in [0.29, 0.717) is 0 Å². The fourth-order valence-electron chi connectivity index (χ4n) is 1.68. The van der Waals surface area contributed by atoms with E-state index in [4.69, 9.17) is 4.74 Å². The number of benzene rings is 1. The molecule has 19 heavy (non-hydrogen) atoms. The van der Waals surface area contributed by atoms with Gasteiger partial charge in [-0.05, 0) is 26.2 Å². The first-order valence-electron chi connectivity index (χ1n) is 6.53. The number of fused-ring (bicyclic) bond motifs is 1. The van der Waals surface area contributed by atoms with Crippen molar-refractivity contribution in [3.63, 3.8) is 0 Å². The molecule has 1 N–H and O–H groups in total. The second-order valence-electron chi connectivity index (χ2n) is 4.67. The molecular formula is C14H21N3OS. The third-order valence-electron chi connectivity index (χ3n) is 2.72. The van der Waals surface area contributed by atoms with Crippen LogP contribution in [0.15, 0.2) is 24.3 Å². The van der Waals surface area contributed by atoms with Gasteiger partial charge in [-0.15, -0.1) is 11.3 Å². The van der Waals surface area contributed by atoms with Crippen LogP contribution in [0.25, 0.3) is 10.2 Å². The van der Waals surface area contributed by atoms with Crippen molar-refractivity contribution in [2.75, 3.05) is 40.4 Å². The Bertz CT molecular complexity index is 465. The minimum absolute atomic E-state index is 0.749. The first-order chi connectivity index (χ1) is 9.25. The molecular weight excluding hydrogens is 258 g/mol. The number of aromatic nitrogens is 1. The Kier molecular flexibility index (Phi) is 5.72. The molecule has 0 unspecified atom stereocenters. The van der Waals surface area contributed by atoms with Crippen LogP contribution in [-0.4, -0.2) is 50.3 Å². The third kappa shape index (κ3) is 4.87. The van der Waals surface area contributed by atoms with E-state index in [2.05, 4.69) is 47.5 Å². The first-order valence-corrected chi connectivity index (χ1v) is 7.35. The van der Waals surface area contributed by atoms with E-state index < -0.39 is 0 Å². The highest BCUT2D eigenvalue weighted by Crippen LogP contribution is 2.20. The van der Waals surface area contributed by atoms with Gasteiger partial charge in [-0.1, -0.05) is 12.1 Å². The van der Waals surface area contributed by atoms with Crippen molar-refractivity contribution in [1.82, 2.24) is 15.2 Å². The highest BCUT2D eigenvalue weighted by Gasteiger charge is 2.01. The molecule has 0 aliphatic carbocycles. The lowest BCUT2D eigenvalue weighted by molar-refractivity contribution is 0.119. The fraction of sp³-hybridized carbons (Fsp3) is 0.500. The monoisotopic (exact) mass is 279 g/mol. The molecule has 1 aromatic carbocycles. The number of thiazole rings is 1. The molecule has 5 heteroatoms. The second-order valence-corrected chi connectivity index (χ2v) is 5.78. The highest BCUT2D eigenvalue weighted by molar-refractivity contribution is 7.18. The van der Waals surface area contributed by atoms with Gasteiger partial charge in [0.1, 0.15) is 5.01 Å². The zero-order valence-corrected chi connectivity index (χ0v) is 12.4. The van der Waals surface area contributed by atoms with Crippen molar-refractivity contribution in [1.29, 1.82) is 0 Å². The number of hydrogen-bond acceptors (Lipinski definition) is 5. The number of hydrogen-bond donors (Lipinski definition) is 1. The average molecular weight is 279 g/mol. The van der Waals surface area contributed by atoms with Crippen molar-refractivity contribution in [2.24, 2.45) is 0 Å². The van der Waals surface area contributed by atoms with E-state index in [1.165, 1.54) is 4.70 Å². The van der Waals surface area contributed by atoms with Gasteiger partial charge in [0.15, 0.2) is 0 Å². The van der Waals surface area contributed by atoms with Crippen molar-refractivity contribution < 1.29 is 4.74 Å². The van der Waals surface area contributed by atoms with Crippen LogP contribution in [0.1, 0.15) is 5.01 Å². The summed E-state index contributed by atoms with van der Waals surface area (Å²) < 4.78 is 6.77. The molecule has 1 aromatic heterocycles. The van der Waals surface area contributed by atoms with Gasteiger partial charge in [-0.2, -0.15) is 0 Å². The van der Waals surface area contributed by atoms with Crippen molar-refractivity contribution in [3.05, 3.63) is 29.3 Å². The first kappa shape index (κ1) is 14.4. The lowest BCUT2D eigenvalue weighted by Gasteiger charge is -2.09. The van der Waals surface area contributed by atoms with Gasteiger partial charge < -0.3 is 15.0 Å². The summed E-state index contributed by atoms with van der Waals surface area (Å²) in [5.41, 5.74) is 1.09. The maximum Gasteiger partial charge on any atom is 0.108 e. The van der Waals surface area contributed by atoms with Crippen LogP contribution >= 0.6 is 11.3 Å². The van der Waals surface area contributed by atoms with E-state index in [1.54, 1.807) is 11.3 Å². The topological polar surface area (TPSA) is 37.4 Å². The molecule has 0 aliphatic heterocycles. The largest absolute Gasteiger partial charge is 0.379 e. The Morgan fingerprint density at radius 2 is 2.11 bits per heavy atom. The molecule has 0 bridgehead atoms. The number of likely N-dealkylation sites (N-methyl/N-ethyl adjacent to an activating group) is 1. The Morgan fingerprint density at radius 1 is 1.26 bits per heavy atom. The lowest BCUT2D eigenvalue weighted by atomic mass is 10.3. The Hall–Kier alpha value is -1.01. The molecule has 2 rings (SSSR count). The van der Waals surface area contributed by atoms with Gasteiger partial charge >= 0.3 is 0 Å². The molecule has 1 heterocycles. The normalized spacial score (nSPS) is 11.5. The van der Waals surface area contributed by atoms with Crippen LogP contribution in [0.3, 0.4) is 0 Å². The standard InChI is InChI=1S/C14H21N3OS/c1-17(2)8-10-18-9-7-15-11-14-16-12-5-3-4-6-13(12)19-14/h3-6,15H,7-11H2,1-2H3.